The lowest BCUT2D eigenvalue weighted by atomic mass is 9.92. The Labute approximate surface area is 138 Å². The molecule has 0 saturated carbocycles. The number of nitrogens with zero attached hydrogens (tertiary/aromatic N) is 1. The van der Waals surface area contributed by atoms with Gasteiger partial charge >= 0.3 is 5.97 Å². The summed E-state index contributed by atoms with van der Waals surface area (Å²) in [5, 5.41) is 0. The molecule has 0 radical (unpaired) electrons. The van der Waals surface area contributed by atoms with Gasteiger partial charge in [0.05, 0.1) is 5.56 Å². The molecule has 0 spiro atoms. The van der Waals surface area contributed by atoms with Crippen LogP contribution in [0.25, 0.3) is 0 Å². The predicted molar refractivity (Wildman–Crippen MR) is 88.4 cm³/mol. The lowest BCUT2D eigenvalue weighted by Crippen LogP contribution is -2.44. The second-order valence-electron chi connectivity index (χ2n) is 6.05. The van der Waals surface area contributed by atoms with Crippen molar-refractivity contribution < 1.29 is 14.3 Å². The van der Waals surface area contributed by atoms with Crippen molar-refractivity contribution in [3.05, 3.63) is 28.2 Å². The number of esters is 1. The van der Waals surface area contributed by atoms with Gasteiger partial charge in [0.25, 0.3) is 5.91 Å². The summed E-state index contributed by atoms with van der Waals surface area (Å²) < 4.78 is 5.85. The van der Waals surface area contributed by atoms with Crippen LogP contribution in [0.3, 0.4) is 0 Å². The van der Waals surface area contributed by atoms with E-state index in [4.69, 9.17) is 10.5 Å². The average molecular weight is 369 g/mol. The van der Waals surface area contributed by atoms with E-state index in [1.807, 2.05) is 0 Å². The Morgan fingerprint density at radius 1 is 1.32 bits per heavy atom. The number of piperidine rings is 1. The first-order valence-electron chi connectivity index (χ1n) is 7.36. The van der Waals surface area contributed by atoms with Crippen molar-refractivity contribution in [2.45, 2.75) is 20.3 Å². The van der Waals surface area contributed by atoms with Crippen molar-refractivity contribution in [1.29, 1.82) is 0 Å². The summed E-state index contributed by atoms with van der Waals surface area (Å²) in [6, 6.07) is 4.96. The minimum absolute atomic E-state index is 0.152. The number of amides is 1. The Bertz CT molecular complexity index is 567. The molecule has 1 saturated heterocycles. The van der Waals surface area contributed by atoms with Gasteiger partial charge in [0.15, 0.2) is 6.61 Å². The van der Waals surface area contributed by atoms with Gasteiger partial charge in [-0.25, -0.2) is 4.79 Å². The summed E-state index contributed by atoms with van der Waals surface area (Å²) >= 11 is 3.28. The van der Waals surface area contributed by atoms with E-state index in [0.717, 1.165) is 24.0 Å². The van der Waals surface area contributed by atoms with E-state index in [-0.39, 0.29) is 18.1 Å². The van der Waals surface area contributed by atoms with E-state index < -0.39 is 5.97 Å². The van der Waals surface area contributed by atoms with Crippen LogP contribution in [-0.2, 0) is 9.53 Å². The standard InChI is InChI=1S/C16H21BrN2O3/c1-10-5-11(2)8-19(7-10)15(20)9-22-16(21)13-6-12(17)3-4-14(13)18/h3-4,6,10-11H,5,7-9,18H2,1-2H3. The molecule has 0 aromatic heterocycles. The zero-order valence-corrected chi connectivity index (χ0v) is 14.4. The Morgan fingerprint density at radius 3 is 2.59 bits per heavy atom. The molecule has 0 bridgehead atoms. The predicted octanol–water partition coefficient (Wildman–Crippen LogP) is 2.69. The molecule has 2 atom stereocenters. The maximum Gasteiger partial charge on any atom is 0.340 e. The quantitative estimate of drug-likeness (QED) is 0.657. The molecule has 2 N–H and O–H groups in total. The number of carbonyl (C=O) groups is 2. The van der Waals surface area contributed by atoms with Crippen molar-refractivity contribution in [2.24, 2.45) is 11.8 Å². The van der Waals surface area contributed by atoms with Crippen molar-refractivity contribution in [3.63, 3.8) is 0 Å². The molecule has 22 heavy (non-hydrogen) atoms. The van der Waals surface area contributed by atoms with Gasteiger partial charge in [-0.3, -0.25) is 4.79 Å². The molecule has 1 fully saturated rings. The number of benzene rings is 1. The molecule has 1 heterocycles. The number of carbonyl (C=O) groups excluding carboxylic acids is 2. The third kappa shape index (κ3) is 4.22. The van der Waals surface area contributed by atoms with E-state index >= 15 is 0 Å². The minimum Gasteiger partial charge on any atom is -0.452 e. The average Bonchev–Trinajstić information content (AvgIpc) is 2.45. The summed E-state index contributed by atoms with van der Waals surface area (Å²) in [5.41, 5.74) is 6.36. The third-order valence-electron chi connectivity index (χ3n) is 3.78. The third-order valence-corrected chi connectivity index (χ3v) is 4.28. The molecule has 1 amide bonds. The largest absolute Gasteiger partial charge is 0.452 e. The number of likely N-dealkylation sites (tertiary alicyclic amines) is 1. The van der Waals surface area contributed by atoms with Gasteiger partial charge in [0.2, 0.25) is 0 Å². The van der Waals surface area contributed by atoms with Crippen LogP contribution in [0, 0.1) is 11.8 Å². The van der Waals surface area contributed by atoms with E-state index in [9.17, 15) is 9.59 Å². The SMILES string of the molecule is CC1CC(C)CN(C(=O)COC(=O)c2cc(Br)ccc2N)C1. The van der Waals surface area contributed by atoms with Crippen molar-refractivity contribution in [1.82, 2.24) is 4.90 Å². The molecule has 1 aromatic carbocycles. The van der Waals surface area contributed by atoms with Crippen molar-refractivity contribution in [2.75, 3.05) is 25.4 Å². The highest BCUT2D eigenvalue weighted by Crippen LogP contribution is 2.22. The first-order chi connectivity index (χ1) is 10.4. The van der Waals surface area contributed by atoms with Gasteiger partial charge in [-0.15, -0.1) is 0 Å². The van der Waals surface area contributed by atoms with Gasteiger partial charge < -0.3 is 15.4 Å². The number of rotatable bonds is 3. The summed E-state index contributed by atoms with van der Waals surface area (Å²) in [6.45, 7) is 5.46. The normalized spacial score (nSPS) is 21.5. The molecular formula is C16H21BrN2O3. The van der Waals surface area contributed by atoms with E-state index in [2.05, 4.69) is 29.8 Å². The van der Waals surface area contributed by atoms with E-state index in [0.29, 0.717) is 17.5 Å². The molecule has 2 rings (SSSR count). The molecule has 0 aliphatic carbocycles. The van der Waals surface area contributed by atoms with Crippen molar-refractivity contribution >= 4 is 33.5 Å². The fourth-order valence-corrected chi connectivity index (χ4v) is 3.23. The maximum absolute atomic E-state index is 12.2. The maximum atomic E-state index is 12.2. The molecule has 120 valence electrons. The molecular weight excluding hydrogens is 348 g/mol. The van der Waals surface area contributed by atoms with Gasteiger partial charge in [0.1, 0.15) is 0 Å². The van der Waals surface area contributed by atoms with Crippen LogP contribution < -0.4 is 5.73 Å². The van der Waals surface area contributed by atoms with E-state index in [1.54, 1.807) is 23.1 Å². The molecule has 1 aliphatic rings. The fraction of sp³-hybridized carbons (Fsp3) is 0.500. The fourth-order valence-electron chi connectivity index (χ4n) is 2.87. The summed E-state index contributed by atoms with van der Waals surface area (Å²) in [4.78, 5) is 26.0. The van der Waals surface area contributed by atoms with Gasteiger partial charge in [-0.05, 0) is 36.5 Å². The first kappa shape index (κ1) is 16.8. The number of nitrogens with two attached hydrogens (primary N) is 1. The molecule has 1 aromatic rings. The molecule has 6 heteroatoms. The summed E-state index contributed by atoms with van der Waals surface area (Å²) in [7, 11) is 0. The van der Waals surface area contributed by atoms with E-state index in [1.165, 1.54) is 0 Å². The Hall–Kier alpha value is -1.56. The molecule has 1 aliphatic heterocycles. The topological polar surface area (TPSA) is 72.6 Å². The zero-order chi connectivity index (χ0) is 16.3. The highest BCUT2D eigenvalue weighted by atomic mass is 79.9. The molecule has 2 unspecified atom stereocenters. The first-order valence-corrected chi connectivity index (χ1v) is 8.16. The second kappa shape index (κ2) is 7.13. The zero-order valence-electron chi connectivity index (χ0n) is 12.8. The van der Waals surface area contributed by atoms with Gasteiger partial charge in [-0.2, -0.15) is 0 Å². The van der Waals surface area contributed by atoms with Gasteiger partial charge in [-0.1, -0.05) is 29.8 Å². The lowest BCUT2D eigenvalue weighted by Gasteiger charge is -2.34. The summed E-state index contributed by atoms with van der Waals surface area (Å²) in [6.07, 6.45) is 1.12. The van der Waals surface area contributed by atoms with Crippen LogP contribution in [0.5, 0.6) is 0 Å². The van der Waals surface area contributed by atoms with Crippen LogP contribution in [-0.4, -0.2) is 36.5 Å². The van der Waals surface area contributed by atoms with Crippen LogP contribution in [0.4, 0.5) is 5.69 Å². The summed E-state index contributed by atoms with van der Waals surface area (Å²) in [5.74, 6) is 0.221. The second-order valence-corrected chi connectivity index (χ2v) is 6.97. The lowest BCUT2D eigenvalue weighted by molar-refractivity contribution is -0.137. The monoisotopic (exact) mass is 368 g/mol. The number of halogens is 1. The number of ether oxygens (including phenoxy) is 1. The molecule has 5 nitrogen and oxygen atoms in total. The Kier molecular flexibility index (Phi) is 5.45. The van der Waals surface area contributed by atoms with Crippen LogP contribution >= 0.6 is 15.9 Å². The Morgan fingerprint density at radius 2 is 1.95 bits per heavy atom. The highest BCUT2D eigenvalue weighted by molar-refractivity contribution is 9.10. The van der Waals surface area contributed by atoms with Gasteiger partial charge in [0, 0.05) is 23.2 Å². The van der Waals surface area contributed by atoms with Crippen LogP contribution in [0.2, 0.25) is 0 Å². The van der Waals surface area contributed by atoms with Crippen LogP contribution in [0.1, 0.15) is 30.6 Å². The number of nitrogen functional groups attached to an aromatic ring is 1. The highest BCUT2D eigenvalue weighted by Gasteiger charge is 2.26. The smallest absolute Gasteiger partial charge is 0.340 e. The van der Waals surface area contributed by atoms with Crippen LogP contribution in [0.15, 0.2) is 22.7 Å². The minimum atomic E-state index is -0.578. The number of hydrogen-bond acceptors (Lipinski definition) is 4. The number of hydrogen-bond donors (Lipinski definition) is 1. The van der Waals surface area contributed by atoms with Crippen molar-refractivity contribution in [3.8, 4) is 0 Å². The number of anilines is 1. The Balaban J connectivity index is 1.93.